The summed E-state index contributed by atoms with van der Waals surface area (Å²) in [6, 6.07) is 5.15. The third-order valence-corrected chi connectivity index (χ3v) is 7.61. The van der Waals surface area contributed by atoms with Crippen LogP contribution in [-0.4, -0.2) is 18.4 Å². The van der Waals surface area contributed by atoms with Crippen LogP contribution in [0.15, 0.2) is 29.4 Å². The van der Waals surface area contributed by atoms with Crippen molar-refractivity contribution in [3.05, 3.63) is 46.1 Å². The van der Waals surface area contributed by atoms with Crippen molar-refractivity contribution >= 4 is 37.4 Å². The van der Waals surface area contributed by atoms with Crippen LogP contribution in [0.25, 0.3) is 10.2 Å². The van der Waals surface area contributed by atoms with Crippen molar-refractivity contribution in [1.82, 2.24) is 9.97 Å². The van der Waals surface area contributed by atoms with E-state index in [2.05, 4.69) is 21.6 Å². The lowest BCUT2D eigenvalue weighted by atomic mass is 9.89. The normalized spacial score (nSPS) is 17.3. The molecule has 0 spiro atoms. The number of anilines is 1. The van der Waals surface area contributed by atoms with Crippen LogP contribution in [0, 0.1) is 19.8 Å². The monoisotopic (exact) mass is 387 g/mol. The summed E-state index contributed by atoms with van der Waals surface area (Å²) in [4.78, 5) is 11.1. The fraction of sp³-hybridized carbons (Fsp3) is 0.368. The molecule has 0 saturated heterocycles. The fourth-order valence-electron chi connectivity index (χ4n) is 3.42. The Morgan fingerprint density at radius 3 is 2.77 bits per heavy atom. The van der Waals surface area contributed by atoms with E-state index in [0.29, 0.717) is 11.7 Å². The van der Waals surface area contributed by atoms with Gasteiger partial charge in [-0.05, 0) is 67.9 Å². The maximum atomic E-state index is 12.9. The van der Waals surface area contributed by atoms with Crippen LogP contribution < -0.4 is 4.72 Å². The molecule has 2 aromatic heterocycles. The van der Waals surface area contributed by atoms with Crippen molar-refractivity contribution in [1.29, 1.82) is 0 Å². The topological polar surface area (TPSA) is 72.0 Å². The first-order valence-corrected chi connectivity index (χ1v) is 11.0. The van der Waals surface area contributed by atoms with E-state index in [0.717, 1.165) is 40.6 Å². The van der Waals surface area contributed by atoms with Crippen molar-refractivity contribution in [3.63, 3.8) is 0 Å². The summed E-state index contributed by atoms with van der Waals surface area (Å²) in [5, 5.41) is 0.867. The zero-order valence-electron chi connectivity index (χ0n) is 15.0. The van der Waals surface area contributed by atoms with Crippen LogP contribution in [0.5, 0.6) is 0 Å². The van der Waals surface area contributed by atoms with Gasteiger partial charge < -0.3 is 0 Å². The zero-order valence-corrected chi connectivity index (χ0v) is 16.7. The van der Waals surface area contributed by atoms with Crippen molar-refractivity contribution in [2.24, 2.45) is 5.92 Å². The molecule has 1 N–H and O–H groups in total. The highest BCUT2D eigenvalue weighted by Crippen LogP contribution is 2.40. The van der Waals surface area contributed by atoms with E-state index < -0.39 is 10.0 Å². The summed E-state index contributed by atoms with van der Waals surface area (Å²) in [6.07, 6.45) is 4.52. The summed E-state index contributed by atoms with van der Waals surface area (Å²) >= 11 is 1.66. The minimum Gasteiger partial charge on any atom is -0.263 e. The number of aromatic nitrogens is 2. The molecule has 5 nitrogen and oxygen atoms in total. The number of benzene rings is 1. The SMILES string of the molecule is Cc1ccc(S(=O)(=O)Nc2ncnc3sc4c(c23)CCC(C)C4)cc1C. The molecular formula is C19H21N3O2S2. The number of hydrogen-bond donors (Lipinski definition) is 1. The second kappa shape index (κ2) is 6.32. The van der Waals surface area contributed by atoms with Crippen LogP contribution in [0.1, 0.15) is 34.9 Å². The van der Waals surface area contributed by atoms with Gasteiger partial charge in [-0.15, -0.1) is 11.3 Å². The highest BCUT2D eigenvalue weighted by Gasteiger charge is 2.25. The van der Waals surface area contributed by atoms with Crippen molar-refractivity contribution in [3.8, 4) is 0 Å². The molecule has 0 saturated carbocycles. The quantitative estimate of drug-likeness (QED) is 0.730. The predicted octanol–water partition coefficient (Wildman–Crippen LogP) is 4.23. The lowest BCUT2D eigenvalue weighted by molar-refractivity contribution is 0.509. The molecule has 0 aliphatic heterocycles. The first kappa shape index (κ1) is 17.4. The van der Waals surface area contributed by atoms with Crippen LogP contribution >= 0.6 is 11.3 Å². The second-order valence-electron chi connectivity index (χ2n) is 7.11. The number of fused-ring (bicyclic) bond motifs is 3. The van der Waals surface area contributed by atoms with E-state index in [9.17, 15) is 8.42 Å². The molecule has 4 rings (SSSR count). The Labute approximate surface area is 157 Å². The van der Waals surface area contributed by atoms with Crippen LogP contribution in [-0.2, 0) is 22.9 Å². The van der Waals surface area contributed by atoms with Gasteiger partial charge in [0.25, 0.3) is 10.0 Å². The number of hydrogen-bond acceptors (Lipinski definition) is 5. The van der Waals surface area contributed by atoms with E-state index in [-0.39, 0.29) is 4.90 Å². The Hall–Kier alpha value is -1.99. The van der Waals surface area contributed by atoms with Crippen LogP contribution in [0.2, 0.25) is 0 Å². The average molecular weight is 388 g/mol. The average Bonchev–Trinajstić information content (AvgIpc) is 2.95. The second-order valence-corrected chi connectivity index (χ2v) is 9.87. The predicted molar refractivity (Wildman–Crippen MR) is 105 cm³/mol. The molecule has 1 aliphatic rings. The number of rotatable bonds is 3. The maximum Gasteiger partial charge on any atom is 0.263 e. The Kier molecular flexibility index (Phi) is 4.23. The molecule has 3 aromatic rings. The molecule has 136 valence electrons. The molecule has 1 unspecified atom stereocenters. The van der Waals surface area contributed by atoms with E-state index >= 15 is 0 Å². The van der Waals surface area contributed by atoms with Gasteiger partial charge in [0.05, 0.1) is 10.3 Å². The van der Waals surface area contributed by atoms with Gasteiger partial charge in [-0.25, -0.2) is 18.4 Å². The van der Waals surface area contributed by atoms with Gasteiger partial charge in [0.15, 0.2) is 5.82 Å². The Morgan fingerprint density at radius 1 is 1.19 bits per heavy atom. The highest BCUT2D eigenvalue weighted by atomic mass is 32.2. The van der Waals surface area contributed by atoms with Crippen molar-refractivity contribution in [2.75, 3.05) is 4.72 Å². The van der Waals surface area contributed by atoms with E-state index in [1.165, 1.54) is 16.8 Å². The van der Waals surface area contributed by atoms with Gasteiger partial charge in [0.2, 0.25) is 0 Å². The summed E-state index contributed by atoms with van der Waals surface area (Å²) in [6.45, 7) is 6.13. The van der Waals surface area contributed by atoms with E-state index in [1.807, 2.05) is 19.9 Å². The summed E-state index contributed by atoms with van der Waals surface area (Å²) < 4.78 is 28.5. The third-order valence-electron chi connectivity index (χ3n) is 5.11. The maximum absolute atomic E-state index is 12.9. The first-order chi connectivity index (χ1) is 12.3. The Balaban J connectivity index is 1.78. The Bertz CT molecular complexity index is 1100. The molecular weight excluding hydrogens is 366 g/mol. The molecule has 7 heteroatoms. The number of nitrogens with zero attached hydrogens (tertiary/aromatic N) is 2. The number of sulfonamides is 1. The molecule has 1 aliphatic carbocycles. The van der Waals surface area contributed by atoms with E-state index in [4.69, 9.17) is 0 Å². The smallest absolute Gasteiger partial charge is 0.263 e. The van der Waals surface area contributed by atoms with Crippen molar-refractivity contribution < 1.29 is 8.42 Å². The lowest BCUT2D eigenvalue weighted by Gasteiger charge is -2.18. The molecule has 0 radical (unpaired) electrons. The fourth-order valence-corrected chi connectivity index (χ4v) is 5.88. The molecule has 2 heterocycles. The van der Waals surface area contributed by atoms with Gasteiger partial charge in [0, 0.05) is 4.88 Å². The Morgan fingerprint density at radius 2 is 2.00 bits per heavy atom. The van der Waals surface area contributed by atoms with Gasteiger partial charge in [0.1, 0.15) is 11.2 Å². The molecule has 26 heavy (non-hydrogen) atoms. The van der Waals surface area contributed by atoms with Gasteiger partial charge in [-0.2, -0.15) is 0 Å². The summed E-state index contributed by atoms with van der Waals surface area (Å²) in [5.41, 5.74) is 3.22. The lowest BCUT2D eigenvalue weighted by Crippen LogP contribution is -2.15. The number of nitrogens with one attached hydrogen (secondary N) is 1. The zero-order chi connectivity index (χ0) is 18.5. The number of thiophene rings is 1. The number of aryl methyl sites for hydroxylation is 3. The molecule has 1 atom stereocenters. The highest BCUT2D eigenvalue weighted by molar-refractivity contribution is 7.92. The van der Waals surface area contributed by atoms with Crippen LogP contribution in [0.3, 0.4) is 0 Å². The first-order valence-electron chi connectivity index (χ1n) is 8.70. The summed E-state index contributed by atoms with van der Waals surface area (Å²) in [7, 11) is -3.69. The minimum atomic E-state index is -3.69. The summed E-state index contributed by atoms with van der Waals surface area (Å²) in [5.74, 6) is 1.04. The molecule has 1 aromatic carbocycles. The van der Waals surface area contributed by atoms with Crippen LogP contribution in [0.4, 0.5) is 5.82 Å². The molecule has 0 bridgehead atoms. The molecule has 0 fully saturated rings. The minimum absolute atomic E-state index is 0.255. The third kappa shape index (κ3) is 2.99. The largest absolute Gasteiger partial charge is 0.263 e. The standard InChI is InChI=1S/C19H21N3O2S2/c1-11-4-7-15-16(8-11)25-19-17(15)18(20-10-21-19)22-26(23,24)14-6-5-12(2)13(3)9-14/h5-6,9-11H,4,7-8H2,1-3H3,(H,20,21,22). The van der Waals surface area contributed by atoms with Crippen molar-refractivity contribution in [2.45, 2.75) is 44.9 Å². The van der Waals surface area contributed by atoms with Gasteiger partial charge in [-0.1, -0.05) is 13.0 Å². The molecule has 0 amide bonds. The van der Waals surface area contributed by atoms with E-state index in [1.54, 1.807) is 23.5 Å². The van der Waals surface area contributed by atoms with Gasteiger partial charge >= 0.3 is 0 Å². The van der Waals surface area contributed by atoms with Gasteiger partial charge in [-0.3, -0.25) is 4.72 Å².